The minimum absolute atomic E-state index is 0.282. The van der Waals surface area contributed by atoms with E-state index in [0.29, 0.717) is 18.7 Å². The van der Waals surface area contributed by atoms with Crippen LogP contribution in [0, 0.1) is 0 Å². The number of imide groups is 1. The van der Waals surface area contributed by atoms with Crippen LogP contribution in [0.2, 0.25) is 0 Å². The Hall–Kier alpha value is -3.41. The third-order valence-electron chi connectivity index (χ3n) is 3.57. The molecular weight excluding hydrogens is 334 g/mol. The number of carbonyl (C=O) groups excluding carboxylic acids is 3. The molecule has 2 aliphatic rings. The molecule has 0 saturated carbocycles. The van der Waals surface area contributed by atoms with Gasteiger partial charge in [0.05, 0.1) is 7.11 Å². The van der Waals surface area contributed by atoms with Gasteiger partial charge < -0.3 is 9.47 Å². The fourth-order valence-electron chi connectivity index (χ4n) is 2.37. The molecule has 0 saturated heterocycles. The van der Waals surface area contributed by atoms with E-state index in [1.807, 2.05) is 18.2 Å². The molecule has 26 heavy (non-hydrogen) atoms. The molecule has 134 valence electrons. The molecule has 0 unspecified atom stereocenters. The fraction of sp³-hybridized carbons (Fsp3) is 0.150. The predicted octanol–water partition coefficient (Wildman–Crippen LogP) is 2.62. The zero-order valence-electron chi connectivity index (χ0n) is 14.5. The van der Waals surface area contributed by atoms with E-state index in [1.54, 1.807) is 6.92 Å². The van der Waals surface area contributed by atoms with Crippen molar-refractivity contribution in [3.8, 4) is 5.75 Å². The van der Waals surface area contributed by atoms with Gasteiger partial charge in [-0.2, -0.15) is 0 Å². The number of carbonyl (C=O) groups is 3. The van der Waals surface area contributed by atoms with E-state index >= 15 is 0 Å². The monoisotopic (exact) mass is 353 g/mol. The molecular formula is C20H19NO5. The molecule has 4 rings (SSSR count). The van der Waals surface area contributed by atoms with E-state index in [0.717, 1.165) is 5.75 Å². The molecule has 0 bridgehead atoms. The SMILES string of the molecule is C1=Cc2ccc3ccccc3c2OC1.CC1=CC(=O)NC1=O.COC=O. The molecule has 1 N–H and O–H groups in total. The Morgan fingerprint density at radius 2 is 1.88 bits per heavy atom. The summed E-state index contributed by atoms with van der Waals surface area (Å²) in [5, 5.41) is 4.54. The van der Waals surface area contributed by atoms with Gasteiger partial charge in [0.15, 0.2) is 0 Å². The van der Waals surface area contributed by atoms with Crippen LogP contribution in [0.1, 0.15) is 12.5 Å². The summed E-state index contributed by atoms with van der Waals surface area (Å²) in [5.74, 6) is 0.424. The summed E-state index contributed by atoms with van der Waals surface area (Å²) in [7, 11) is 1.31. The third kappa shape index (κ3) is 4.80. The molecule has 2 aromatic rings. The van der Waals surface area contributed by atoms with Crippen LogP contribution in [-0.2, 0) is 19.1 Å². The lowest BCUT2D eigenvalue weighted by atomic mass is 10.0. The number of amides is 2. The zero-order valence-corrected chi connectivity index (χ0v) is 14.5. The van der Waals surface area contributed by atoms with E-state index in [-0.39, 0.29) is 11.8 Å². The number of methoxy groups -OCH3 is 1. The van der Waals surface area contributed by atoms with Gasteiger partial charge in [-0.15, -0.1) is 0 Å². The van der Waals surface area contributed by atoms with Crippen molar-refractivity contribution in [2.45, 2.75) is 6.92 Å². The number of benzene rings is 2. The lowest BCUT2D eigenvalue weighted by Crippen LogP contribution is -2.21. The number of fused-ring (bicyclic) bond motifs is 3. The first kappa shape index (κ1) is 18.9. The van der Waals surface area contributed by atoms with E-state index in [9.17, 15) is 9.59 Å². The van der Waals surface area contributed by atoms with Gasteiger partial charge in [0.1, 0.15) is 12.4 Å². The predicted molar refractivity (Wildman–Crippen MR) is 98.5 cm³/mol. The van der Waals surface area contributed by atoms with Gasteiger partial charge in [0.25, 0.3) is 18.3 Å². The summed E-state index contributed by atoms with van der Waals surface area (Å²) in [4.78, 5) is 29.6. The van der Waals surface area contributed by atoms with Crippen molar-refractivity contribution < 1.29 is 23.9 Å². The summed E-state index contributed by atoms with van der Waals surface area (Å²) in [6, 6.07) is 12.5. The van der Waals surface area contributed by atoms with Crippen LogP contribution in [0.25, 0.3) is 16.8 Å². The fourth-order valence-corrected chi connectivity index (χ4v) is 2.37. The summed E-state index contributed by atoms with van der Waals surface area (Å²) < 4.78 is 9.51. The molecule has 0 radical (unpaired) electrons. The molecule has 6 nitrogen and oxygen atoms in total. The molecule has 0 spiro atoms. The molecule has 2 amide bonds. The standard InChI is InChI=1S/C13H10O.C5H5NO2.C2H4O2/c1-2-6-12-10(4-1)7-8-11-5-3-9-14-13(11)12;1-3-2-4(7)6-5(3)8;1-4-2-3/h1-8H,9H2;2H,1H3,(H,6,7,8);2H,1H3. The minimum atomic E-state index is -0.312. The van der Waals surface area contributed by atoms with Crippen LogP contribution in [0.5, 0.6) is 5.75 Å². The van der Waals surface area contributed by atoms with Gasteiger partial charge >= 0.3 is 0 Å². The van der Waals surface area contributed by atoms with Gasteiger partial charge in [-0.05, 0) is 18.4 Å². The van der Waals surface area contributed by atoms with Gasteiger partial charge in [-0.3, -0.25) is 19.7 Å². The summed E-state index contributed by atoms with van der Waals surface area (Å²) in [6.07, 6.45) is 5.44. The Bertz CT molecular complexity index is 883. The Balaban J connectivity index is 0.000000172. The highest BCUT2D eigenvalue weighted by molar-refractivity contribution is 6.15. The number of nitrogens with one attached hydrogen (secondary N) is 1. The van der Waals surface area contributed by atoms with E-state index in [1.165, 1.54) is 29.5 Å². The quantitative estimate of drug-likeness (QED) is 0.630. The Morgan fingerprint density at radius 1 is 1.15 bits per heavy atom. The molecule has 2 aromatic carbocycles. The smallest absolute Gasteiger partial charge is 0.292 e. The highest BCUT2D eigenvalue weighted by Gasteiger charge is 2.15. The van der Waals surface area contributed by atoms with Crippen molar-refractivity contribution in [1.82, 2.24) is 5.32 Å². The van der Waals surface area contributed by atoms with Crippen molar-refractivity contribution in [2.75, 3.05) is 13.7 Å². The second kappa shape index (κ2) is 9.17. The maximum atomic E-state index is 10.4. The molecule has 0 atom stereocenters. The Morgan fingerprint density at radius 3 is 2.46 bits per heavy atom. The lowest BCUT2D eigenvalue weighted by Gasteiger charge is -2.14. The number of rotatable bonds is 1. The summed E-state index contributed by atoms with van der Waals surface area (Å²) in [6.45, 7) is 2.65. The lowest BCUT2D eigenvalue weighted by molar-refractivity contribution is -0.126. The number of ether oxygens (including phenoxy) is 2. The van der Waals surface area contributed by atoms with Crippen LogP contribution in [0.3, 0.4) is 0 Å². The largest absolute Gasteiger partial charge is 0.488 e. The number of hydrogen-bond donors (Lipinski definition) is 1. The van der Waals surface area contributed by atoms with Crippen molar-refractivity contribution >= 4 is 35.1 Å². The van der Waals surface area contributed by atoms with Crippen LogP contribution in [0.15, 0.2) is 54.1 Å². The van der Waals surface area contributed by atoms with Crippen molar-refractivity contribution in [3.05, 3.63) is 59.7 Å². The van der Waals surface area contributed by atoms with Crippen LogP contribution in [0.4, 0.5) is 0 Å². The molecule has 6 heteroatoms. The van der Waals surface area contributed by atoms with Gasteiger partial charge in [0.2, 0.25) is 0 Å². The minimum Gasteiger partial charge on any atom is -0.488 e. The van der Waals surface area contributed by atoms with E-state index in [2.05, 4.69) is 40.4 Å². The molecule has 0 aromatic heterocycles. The molecule has 2 aliphatic heterocycles. The first-order valence-electron chi connectivity index (χ1n) is 7.88. The maximum Gasteiger partial charge on any atom is 0.292 e. The second-order valence-corrected chi connectivity index (χ2v) is 5.40. The normalized spacial score (nSPS) is 13.8. The highest BCUT2D eigenvalue weighted by Crippen LogP contribution is 2.32. The highest BCUT2D eigenvalue weighted by atomic mass is 16.5. The maximum absolute atomic E-state index is 10.4. The third-order valence-corrected chi connectivity index (χ3v) is 3.57. The van der Waals surface area contributed by atoms with Crippen molar-refractivity contribution in [3.63, 3.8) is 0 Å². The van der Waals surface area contributed by atoms with Gasteiger partial charge in [-0.25, -0.2) is 0 Å². The topological polar surface area (TPSA) is 81.7 Å². The van der Waals surface area contributed by atoms with Gasteiger partial charge in [-0.1, -0.05) is 42.5 Å². The van der Waals surface area contributed by atoms with Crippen LogP contribution in [-0.4, -0.2) is 32.0 Å². The Kier molecular flexibility index (Phi) is 6.68. The van der Waals surface area contributed by atoms with Crippen molar-refractivity contribution in [2.24, 2.45) is 0 Å². The average Bonchev–Trinajstić information content (AvgIpc) is 2.97. The van der Waals surface area contributed by atoms with E-state index in [4.69, 9.17) is 9.53 Å². The summed E-state index contributed by atoms with van der Waals surface area (Å²) in [5.41, 5.74) is 1.66. The second-order valence-electron chi connectivity index (χ2n) is 5.40. The van der Waals surface area contributed by atoms with Crippen LogP contribution >= 0.6 is 0 Å². The molecule has 2 heterocycles. The zero-order chi connectivity index (χ0) is 18.9. The first-order valence-corrected chi connectivity index (χ1v) is 7.88. The molecule has 0 aliphatic carbocycles. The van der Waals surface area contributed by atoms with E-state index < -0.39 is 0 Å². The first-order chi connectivity index (χ1) is 12.6. The van der Waals surface area contributed by atoms with Gasteiger partial charge in [0, 0.05) is 22.6 Å². The van der Waals surface area contributed by atoms with Crippen LogP contribution < -0.4 is 10.1 Å². The average molecular weight is 353 g/mol. The molecule has 0 fully saturated rings. The Labute approximate surface area is 151 Å². The van der Waals surface area contributed by atoms with Crippen molar-refractivity contribution in [1.29, 1.82) is 0 Å². The number of hydrogen-bond acceptors (Lipinski definition) is 5. The summed E-state index contributed by atoms with van der Waals surface area (Å²) >= 11 is 0.